The largest absolute Gasteiger partial charge is 0.311 e. The van der Waals surface area contributed by atoms with Crippen molar-refractivity contribution in [3.8, 4) is 0 Å². The molecule has 0 radical (unpaired) electrons. The number of thiazole rings is 1. The van der Waals surface area contributed by atoms with Gasteiger partial charge in [-0.1, -0.05) is 25.7 Å². The molecule has 1 aromatic heterocycles. The second kappa shape index (κ2) is 5.61. The van der Waals surface area contributed by atoms with E-state index in [0.717, 1.165) is 5.92 Å². The van der Waals surface area contributed by atoms with E-state index in [1.54, 1.807) is 11.3 Å². The van der Waals surface area contributed by atoms with E-state index >= 15 is 0 Å². The minimum absolute atomic E-state index is 0.489. The maximum absolute atomic E-state index is 4.45. The highest BCUT2D eigenvalue weighted by Crippen LogP contribution is 2.33. The average Bonchev–Trinajstić information content (AvgIpc) is 2.63. The monoisotopic (exact) mass is 224 g/mol. The molecule has 84 valence electrons. The lowest BCUT2D eigenvalue weighted by Gasteiger charge is -2.23. The van der Waals surface area contributed by atoms with E-state index in [1.165, 1.54) is 43.5 Å². The van der Waals surface area contributed by atoms with Gasteiger partial charge in [-0.25, -0.2) is 4.98 Å². The Hall–Kier alpha value is -0.410. The molecule has 1 fully saturated rings. The van der Waals surface area contributed by atoms with E-state index in [0.29, 0.717) is 6.04 Å². The van der Waals surface area contributed by atoms with Gasteiger partial charge in [-0.15, -0.1) is 11.3 Å². The third-order valence-electron chi connectivity index (χ3n) is 3.40. The quantitative estimate of drug-likeness (QED) is 0.796. The van der Waals surface area contributed by atoms with Gasteiger partial charge in [0.05, 0.1) is 6.04 Å². The minimum Gasteiger partial charge on any atom is -0.311 e. The summed E-state index contributed by atoms with van der Waals surface area (Å²) in [5, 5.41) is 6.80. The van der Waals surface area contributed by atoms with Crippen LogP contribution in [-0.4, -0.2) is 12.0 Å². The highest BCUT2D eigenvalue weighted by Gasteiger charge is 2.24. The van der Waals surface area contributed by atoms with Crippen molar-refractivity contribution in [3.63, 3.8) is 0 Å². The topological polar surface area (TPSA) is 24.9 Å². The molecule has 3 heteroatoms. The van der Waals surface area contributed by atoms with Crippen LogP contribution in [-0.2, 0) is 0 Å². The first kappa shape index (κ1) is 11.1. The molecule has 0 spiro atoms. The molecular weight excluding hydrogens is 204 g/mol. The highest BCUT2D eigenvalue weighted by atomic mass is 32.1. The SMILES string of the molecule is CNC(c1nccs1)C1CCCCCC1. The molecule has 0 saturated heterocycles. The number of nitrogens with zero attached hydrogens (tertiary/aromatic N) is 1. The Kier molecular flexibility index (Phi) is 4.15. The molecule has 1 saturated carbocycles. The molecule has 0 aliphatic heterocycles. The maximum atomic E-state index is 4.45. The Morgan fingerprint density at radius 2 is 2.07 bits per heavy atom. The van der Waals surface area contributed by atoms with E-state index in [9.17, 15) is 0 Å². The summed E-state index contributed by atoms with van der Waals surface area (Å²) in [6.45, 7) is 0. The number of nitrogens with one attached hydrogen (secondary N) is 1. The van der Waals surface area contributed by atoms with Crippen LogP contribution >= 0.6 is 11.3 Å². The van der Waals surface area contributed by atoms with Gasteiger partial charge in [-0.05, 0) is 25.8 Å². The first-order valence-electron chi connectivity index (χ1n) is 5.98. The van der Waals surface area contributed by atoms with Crippen molar-refractivity contribution in [1.29, 1.82) is 0 Å². The van der Waals surface area contributed by atoms with Crippen molar-refractivity contribution in [2.24, 2.45) is 5.92 Å². The van der Waals surface area contributed by atoms with Crippen LogP contribution in [0.5, 0.6) is 0 Å². The number of hydrogen-bond donors (Lipinski definition) is 1. The zero-order chi connectivity index (χ0) is 10.5. The molecule has 1 aliphatic carbocycles. The lowest BCUT2D eigenvalue weighted by atomic mass is 9.92. The normalized spacial score (nSPS) is 21.1. The van der Waals surface area contributed by atoms with Crippen LogP contribution in [0.1, 0.15) is 49.6 Å². The van der Waals surface area contributed by atoms with Crippen LogP contribution in [0.4, 0.5) is 0 Å². The molecule has 15 heavy (non-hydrogen) atoms. The number of rotatable bonds is 3. The summed E-state index contributed by atoms with van der Waals surface area (Å²) in [4.78, 5) is 4.45. The zero-order valence-corrected chi connectivity index (χ0v) is 10.2. The van der Waals surface area contributed by atoms with E-state index < -0.39 is 0 Å². The van der Waals surface area contributed by atoms with Gasteiger partial charge in [0.15, 0.2) is 0 Å². The fraction of sp³-hybridized carbons (Fsp3) is 0.750. The molecule has 1 atom stereocenters. The first-order chi connectivity index (χ1) is 7.42. The lowest BCUT2D eigenvalue weighted by Crippen LogP contribution is -2.24. The minimum atomic E-state index is 0.489. The molecular formula is C12H20N2S. The van der Waals surface area contributed by atoms with Gasteiger partial charge in [0.1, 0.15) is 5.01 Å². The summed E-state index contributed by atoms with van der Waals surface area (Å²) in [5.41, 5.74) is 0. The predicted octanol–water partition coefficient (Wildman–Crippen LogP) is 3.37. The second-order valence-electron chi connectivity index (χ2n) is 4.39. The molecule has 2 rings (SSSR count). The Labute approximate surface area is 96.1 Å². The molecule has 1 heterocycles. The fourth-order valence-corrected chi connectivity index (χ4v) is 3.43. The van der Waals surface area contributed by atoms with Gasteiger partial charge in [0.25, 0.3) is 0 Å². The summed E-state index contributed by atoms with van der Waals surface area (Å²) in [6, 6.07) is 0.489. The number of aromatic nitrogens is 1. The van der Waals surface area contributed by atoms with Gasteiger partial charge in [0, 0.05) is 11.6 Å². The smallest absolute Gasteiger partial charge is 0.110 e. The van der Waals surface area contributed by atoms with Gasteiger partial charge in [-0.3, -0.25) is 0 Å². The maximum Gasteiger partial charge on any atom is 0.110 e. The van der Waals surface area contributed by atoms with E-state index in [2.05, 4.69) is 22.7 Å². The van der Waals surface area contributed by atoms with Crippen LogP contribution in [0.3, 0.4) is 0 Å². The van der Waals surface area contributed by atoms with Crippen molar-refractivity contribution in [2.45, 2.75) is 44.6 Å². The molecule has 0 aromatic carbocycles. The molecule has 0 bridgehead atoms. The molecule has 1 aromatic rings. The average molecular weight is 224 g/mol. The van der Waals surface area contributed by atoms with Crippen LogP contribution < -0.4 is 5.32 Å². The second-order valence-corrected chi connectivity index (χ2v) is 5.31. The van der Waals surface area contributed by atoms with Crippen molar-refractivity contribution in [2.75, 3.05) is 7.05 Å². The fourth-order valence-electron chi connectivity index (χ4n) is 2.59. The lowest BCUT2D eigenvalue weighted by molar-refractivity contribution is 0.341. The van der Waals surface area contributed by atoms with Crippen LogP contribution in [0.2, 0.25) is 0 Å². The number of hydrogen-bond acceptors (Lipinski definition) is 3. The van der Waals surface area contributed by atoms with Crippen molar-refractivity contribution < 1.29 is 0 Å². The molecule has 1 N–H and O–H groups in total. The third kappa shape index (κ3) is 2.79. The Morgan fingerprint density at radius 1 is 1.33 bits per heavy atom. The predicted molar refractivity (Wildman–Crippen MR) is 65.1 cm³/mol. The molecule has 1 unspecified atom stereocenters. The third-order valence-corrected chi connectivity index (χ3v) is 4.26. The van der Waals surface area contributed by atoms with Gasteiger partial charge >= 0.3 is 0 Å². The Bertz CT molecular complexity index is 263. The highest BCUT2D eigenvalue weighted by molar-refractivity contribution is 7.09. The summed E-state index contributed by atoms with van der Waals surface area (Å²) < 4.78 is 0. The van der Waals surface area contributed by atoms with Crippen molar-refractivity contribution in [1.82, 2.24) is 10.3 Å². The zero-order valence-electron chi connectivity index (χ0n) is 9.41. The van der Waals surface area contributed by atoms with E-state index in [-0.39, 0.29) is 0 Å². The van der Waals surface area contributed by atoms with Crippen molar-refractivity contribution >= 4 is 11.3 Å². The molecule has 2 nitrogen and oxygen atoms in total. The molecule has 0 amide bonds. The van der Waals surface area contributed by atoms with Crippen LogP contribution in [0.15, 0.2) is 11.6 Å². The Morgan fingerprint density at radius 3 is 2.60 bits per heavy atom. The summed E-state index contributed by atoms with van der Waals surface area (Å²) >= 11 is 1.78. The van der Waals surface area contributed by atoms with E-state index in [4.69, 9.17) is 0 Å². The standard InChI is InChI=1S/C12H20N2S/c1-13-11(12-14-8-9-15-12)10-6-4-2-3-5-7-10/h8-11,13H,2-7H2,1H3. The summed E-state index contributed by atoms with van der Waals surface area (Å²) in [5.74, 6) is 0.795. The van der Waals surface area contributed by atoms with E-state index in [1.807, 2.05) is 6.20 Å². The molecule has 1 aliphatic rings. The van der Waals surface area contributed by atoms with Gasteiger partial charge < -0.3 is 5.32 Å². The summed E-state index contributed by atoms with van der Waals surface area (Å²) in [6.07, 6.45) is 10.3. The van der Waals surface area contributed by atoms with Gasteiger partial charge in [-0.2, -0.15) is 0 Å². The Balaban J connectivity index is 2.04. The summed E-state index contributed by atoms with van der Waals surface area (Å²) in [7, 11) is 2.07. The van der Waals surface area contributed by atoms with Crippen LogP contribution in [0.25, 0.3) is 0 Å². The van der Waals surface area contributed by atoms with Crippen molar-refractivity contribution in [3.05, 3.63) is 16.6 Å². The van der Waals surface area contributed by atoms with Gasteiger partial charge in [0.2, 0.25) is 0 Å². The van der Waals surface area contributed by atoms with Crippen LogP contribution in [0, 0.1) is 5.92 Å². The first-order valence-corrected chi connectivity index (χ1v) is 6.86.